The Hall–Kier alpha value is -1.81. The average Bonchev–Trinajstić information content (AvgIpc) is 3.00. The molecule has 1 aromatic carbocycles. The summed E-state index contributed by atoms with van der Waals surface area (Å²) >= 11 is 0. The van der Waals surface area contributed by atoms with Crippen LogP contribution in [0.1, 0.15) is 57.6 Å². The third-order valence-corrected chi connectivity index (χ3v) is 7.29. The van der Waals surface area contributed by atoms with Gasteiger partial charge in [-0.25, -0.2) is 0 Å². The molecule has 0 radical (unpaired) electrons. The number of hydrogen-bond donors (Lipinski definition) is 2. The highest BCUT2D eigenvalue weighted by Gasteiger charge is 2.64. The molecule has 1 aromatic heterocycles. The summed E-state index contributed by atoms with van der Waals surface area (Å²) in [6, 6.07) is 9.90. The van der Waals surface area contributed by atoms with Crippen LogP contribution in [0.5, 0.6) is 0 Å². The third kappa shape index (κ3) is 2.42. The summed E-state index contributed by atoms with van der Waals surface area (Å²) in [7, 11) is 0. The molecule has 138 valence electrons. The molecule has 4 unspecified atom stereocenters. The quantitative estimate of drug-likeness (QED) is 0.867. The van der Waals surface area contributed by atoms with Gasteiger partial charge in [0.1, 0.15) is 11.3 Å². The van der Waals surface area contributed by atoms with Gasteiger partial charge in [-0.2, -0.15) is 0 Å². The number of nitrogens with one attached hydrogen (secondary N) is 1. The summed E-state index contributed by atoms with van der Waals surface area (Å²) in [6.45, 7) is 2.63. The van der Waals surface area contributed by atoms with Crippen molar-refractivity contribution in [3.63, 3.8) is 0 Å². The second-order valence-corrected chi connectivity index (χ2v) is 9.30. The van der Waals surface area contributed by atoms with Crippen molar-refractivity contribution in [1.82, 2.24) is 5.32 Å². The Morgan fingerprint density at radius 3 is 2.85 bits per heavy atom. The van der Waals surface area contributed by atoms with Crippen molar-refractivity contribution in [1.29, 1.82) is 0 Å². The first-order valence-corrected chi connectivity index (χ1v) is 9.92. The van der Waals surface area contributed by atoms with E-state index in [4.69, 9.17) is 4.42 Å². The van der Waals surface area contributed by atoms with Crippen LogP contribution in [0.15, 0.2) is 34.7 Å². The number of furan rings is 1. The second kappa shape index (κ2) is 5.35. The van der Waals surface area contributed by atoms with Gasteiger partial charge < -0.3 is 14.8 Å². The molecule has 0 saturated heterocycles. The Morgan fingerprint density at radius 2 is 2.08 bits per heavy atom. The SMILES string of the molecule is CCC12CC3CC(O)(C1)CC(C(=O)NCc1cc4ccccc4o1)(C3)C2. The number of rotatable bonds is 4. The molecule has 2 N–H and O–H groups in total. The highest BCUT2D eigenvalue weighted by Crippen LogP contribution is 2.67. The zero-order chi connectivity index (χ0) is 18.0. The Bertz CT molecular complexity index is 840. The van der Waals surface area contributed by atoms with Crippen LogP contribution in [-0.4, -0.2) is 16.6 Å². The Morgan fingerprint density at radius 1 is 1.23 bits per heavy atom. The third-order valence-electron chi connectivity index (χ3n) is 7.29. The molecular weight excluding hydrogens is 326 g/mol. The van der Waals surface area contributed by atoms with Gasteiger partial charge in [0.05, 0.1) is 17.6 Å². The zero-order valence-corrected chi connectivity index (χ0v) is 15.4. The van der Waals surface area contributed by atoms with Gasteiger partial charge in [0.15, 0.2) is 0 Å². The number of amides is 1. The van der Waals surface area contributed by atoms with Gasteiger partial charge in [0.25, 0.3) is 0 Å². The number of carbonyl (C=O) groups is 1. The summed E-state index contributed by atoms with van der Waals surface area (Å²) < 4.78 is 5.83. The van der Waals surface area contributed by atoms with Gasteiger partial charge in [0.2, 0.25) is 5.91 Å². The van der Waals surface area contributed by atoms with Crippen LogP contribution in [0.3, 0.4) is 0 Å². The van der Waals surface area contributed by atoms with Crippen molar-refractivity contribution in [3.8, 4) is 0 Å². The molecule has 4 heteroatoms. The summed E-state index contributed by atoms with van der Waals surface area (Å²) in [6.07, 6.45) is 6.50. The smallest absolute Gasteiger partial charge is 0.226 e. The lowest BCUT2D eigenvalue weighted by molar-refractivity contribution is -0.204. The monoisotopic (exact) mass is 353 g/mol. The van der Waals surface area contributed by atoms with E-state index in [1.807, 2.05) is 30.3 Å². The molecule has 4 aliphatic carbocycles. The van der Waals surface area contributed by atoms with Crippen molar-refractivity contribution in [3.05, 3.63) is 36.1 Å². The normalized spacial score (nSPS) is 38.0. The van der Waals surface area contributed by atoms with Crippen LogP contribution in [0.25, 0.3) is 11.0 Å². The van der Waals surface area contributed by atoms with Crippen LogP contribution < -0.4 is 5.32 Å². The molecule has 4 bridgehead atoms. The number of para-hydroxylation sites is 1. The van der Waals surface area contributed by atoms with E-state index < -0.39 is 11.0 Å². The van der Waals surface area contributed by atoms with Gasteiger partial charge in [-0.15, -0.1) is 0 Å². The van der Waals surface area contributed by atoms with E-state index in [0.717, 1.165) is 48.8 Å². The van der Waals surface area contributed by atoms with E-state index in [1.165, 1.54) is 6.42 Å². The van der Waals surface area contributed by atoms with Crippen molar-refractivity contribution in [2.75, 3.05) is 0 Å². The van der Waals surface area contributed by atoms with Crippen molar-refractivity contribution < 1.29 is 14.3 Å². The average molecular weight is 353 g/mol. The number of hydrogen-bond acceptors (Lipinski definition) is 3. The lowest BCUT2D eigenvalue weighted by atomic mass is 9.42. The highest BCUT2D eigenvalue weighted by molar-refractivity contribution is 5.84. The molecule has 1 amide bonds. The van der Waals surface area contributed by atoms with E-state index in [1.54, 1.807) is 0 Å². The van der Waals surface area contributed by atoms with Crippen molar-refractivity contribution in [2.24, 2.45) is 16.7 Å². The molecule has 4 aliphatic rings. The van der Waals surface area contributed by atoms with Gasteiger partial charge in [-0.05, 0) is 62.0 Å². The number of fused-ring (bicyclic) bond motifs is 1. The van der Waals surface area contributed by atoms with Crippen LogP contribution in [0.4, 0.5) is 0 Å². The lowest BCUT2D eigenvalue weighted by Gasteiger charge is -2.64. The van der Waals surface area contributed by atoms with E-state index >= 15 is 0 Å². The van der Waals surface area contributed by atoms with Gasteiger partial charge >= 0.3 is 0 Å². The first-order valence-electron chi connectivity index (χ1n) is 9.92. The van der Waals surface area contributed by atoms with Gasteiger partial charge in [-0.1, -0.05) is 31.5 Å². The van der Waals surface area contributed by atoms with Crippen LogP contribution in [0.2, 0.25) is 0 Å². The topological polar surface area (TPSA) is 62.5 Å². The van der Waals surface area contributed by atoms with Gasteiger partial charge in [-0.3, -0.25) is 4.79 Å². The number of aliphatic hydroxyl groups is 1. The Labute approximate surface area is 154 Å². The summed E-state index contributed by atoms with van der Waals surface area (Å²) in [5, 5.41) is 15.3. The van der Waals surface area contributed by atoms with E-state index in [0.29, 0.717) is 18.9 Å². The first-order chi connectivity index (χ1) is 12.4. The molecule has 4 nitrogen and oxygen atoms in total. The molecule has 2 aromatic rings. The summed E-state index contributed by atoms with van der Waals surface area (Å²) in [5.74, 6) is 1.39. The second-order valence-electron chi connectivity index (χ2n) is 9.30. The van der Waals surface area contributed by atoms with E-state index in [9.17, 15) is 9.90 Å². The molecule has 4 fully saturated rings. The Balaban J connectivity index is 1.36. The Kier molecular flexibility index (Phi) is 3.37. The zero-order valence-electron chi connectivity index (χ0n) is 15.4. The fraction of sp³-hybridized carbons (Fsp3) is 0.591. The lowest BCUT2D eigenvalue weighted by Crippen LogP contribution is -2.63. The first kappa shape index (κ1) is 16.4. The fourth-order valence-corrected chi connectivity index (χ4v) is 6.71. The molecule has 4 atom stereocenters. The summed E-state index contributed by atoms with van der Waals surface area (Å²) in [4.78, 5) is 13.2. The maximum Gasteiger partial charge on any atom is 0.226 e. The molecule has 4 saturated carbocycles. The summed E-state index contributed by atoms with van der Waals surface area (Å²) in [5.41, 5.74) is -0.0153. The maximum atomic E-state index is 13.2. The molecule has 6 rings (SSSR count). The van der Waals surface area contributed by atoms with Crippen molar-refractivity contribution >= 4 is 16.9 Å². The standard InChI is InChI=1S/C22H27NO3/c1-2-20-8-15-9-21(12-20,14-22(25,10-15)13-20)19(24)23-11-17-7-16-5-3-4-6-18(16)26-17/h3-7,15,25H,2,8-14H2,1H3,(H,23,24). The molecular formula is C22H27NO3. The van der Waals surface area contributed by atoms with E-state index in [-0.39, 0.29) is 11.3 Å². The molecule has 0 spiro atoms. The largest absolute Gasteiger partial charge is 0.459 e. The minimum atomic E-state index is -0.633. The molecule has 1 heterocycles. The van der Waals surface area contributed by atoms with Gasteiger partial charge in [0, 0.05) is 5.39 Å². The van der Waals surface area contributed by atoms with Crippen LogP contribution in [-0.2, 0) is 11.3 Å². The predicted molar refractivity (Wildman–Crippen MR) is 99.4 cm³/mol. The highest BCUT2D eigenvalue weighted by atomic mass is 16.3. The van der Waals surface area contributed by atoms with E-state index in [2.05, 4.69) is 12.2 Å². The molecule has 26 heavy (non-hydrogen) atoms. The van der Waals surface area contributed by atoms with Crippen molar-refractivity contribution in [2.45, 2.75) is 64.0 Å². The number of benzene rings is 1. The predicted octanol–water partition coefficient (Wildman–Crippen LogP) is 4.16. The maximum absolute atomic E-state index is 13.2. The number of carbonyl (C=O) groups excluding carboxylic acids is 1. The fourth-order valence-electron chi connectivity index (χ4n) is 6.71. The minimum absolute atomic E-state index is 0.110. The minimum Gasteiger partial charge on any atom is -0.459 e. The molecule has 0 aliphatic heterocycles. The van der Waals surface area contributed by atoms with Crippen LogP contribution >= 0.6 is 0 Å². The van der Waals surface area contributed by atoms with Crippen LogP contribution in [0, 0.1) is 16.7 Å².